The third-order valence-corrected chi connectivity index (χ3v) is 6.62. The molecule has 1 aliphatic carbocycles. The van der Waals surface area contributed by atoms with Crippen LogP contribution in [0.4, 0.5) is 0 Å². The molecule has 0 saturated heterocycles. The number of pyridine rings is 1. The molecule has 1 aliphatic rings. The van der Waals surface area contributed by atoms with Crippen LogP contribution in [0.3, 0.4) is 0 Å². The van der Waals surface area contributed by atoms with Crippen molar-refractivity contribution in [1.82, 2.24) is 10.2 Å². The van der Waals surface area contributed by atoms with Crippen LogP contribution in [0, 0.1) is 20.8 Å². The topological polar surface area (TPSA) is 89.8 Å². The predicted octanol–water partition coefficient (Wildman–Crippen LogP) is 1.27. The molecule has 118 valence electrons. The van der Waals surface area contributed by atoms with E-state index in [1.807, 2.05) is 11.5 Å². The molecular weight excluding hydrogens is 320 g/mol. The first-order valence-electron chi connectivity index (χ1n) is 7.21. The predicted molar refractivity (Wildman–Crippen MR) is 83.7 cm³/mol. The Balaban J connectivity index is 2.23. The highest BCUT2D eigenvalue weighted by Crippen LogP contribution is 2.28. The zero-order valence-electron chi connectivity index (χ0n) is 12.9. The Morgan fingerprint density at radius 2 is 1.68 bits per heavy atom. The fourth-order valence-corrected chi connectivity index (χ4v) is 4.71. The summed E-state index contributed by atoms with van der Waals surface area (Å²) < 4.78 is 24.7. The standard InChI is InChI=1S/C14H19N4O2S2/c1-8-9(2)18(10(3)12-7-5-4-6-11(8)12)13-16-17-14(21-13)22(15,19)20/h4-7H2,1-3H3,(H2,15,19,20)/q+1. The van der Waals surface area contributed by atoms with E-state index in [9.17, 15) is 8.42 Å². The maximum atomic E-state index is 11.4. The molecule has 2 aromatic heterocycles. The van der Waals surface area contributed by atoms with Gasteiger partial charge >= 0.3 is 5.13 Å². The Kier molecular flexibility index (Phi) is 3.78. The quantitative estimate of drug-likeness (QED) is 0.834. The normalized spacial score (nSPS) is 14.9. The van der Waals surface area contributed by atoms with Crippen molar-refractivity contribution in [3.8, 4) is 5.13 Å². The largest absolute Gasteiger partial charge is 0.416 e. The molecule has 2 aromatic rings. The van der Waals surface area contributed by atoms with Gasteiger partial charge in [-0.2, -0.15) is 4.57 Å². The van der Waals surface area contributed by atoms with E-state index in [0.29, 0.717) is 5.13 Å². The minimum atomic E-state index is -3.81. The first-order valence-corrected chi connectivity index (χ1v) is 9.57. The van der Waals surface area contributed by atoms with Gasteiger partial charge in [-0.15, -0.1) is 0 Å². The van der Waals surface area contributed by atoms with E-state index in [-0.39, 0.29) is 4.34 Å². The fourth-order valence-electron chi connectivity index (χ4n) is 3.19. The van der Waals surface area contributed by atoms with Gasteiger partial charge in [0, 0.05) is 0 Å². The molecule has 0 unspecified atom stereocenters. The molecule has 0 fully saturated rings. The van der Waals surface area contributed by atoms with Crippen LogP contribution in [0.25, 0.3) is 5.13 Å². The molecule has 22 heavy (non-hydrogen) atoms. The first kappa shape index (κ1) is 15.5. The van der Waals surface area contributed by atoms with Gasteiger partial charge in [0.05, 0.1) is 5.10 Å². The summed E-state index contributed by atoms with van der Waals surface area (Å²) in [6, 6.07) is 0. The highest BCUT2D eigenvalue weighted by Gasteiger charge is 2.29. The summed E-state index contributed by atoms with van der Waals surface area (Å²) in [6.07, 6.45) is 4.59. The van der Waals surface area contributed by atoms with Crippen LogP contribution < -0.4 is 9.71 Å². The minimum absolute atomic E-state index is 0.149. The molecule has 0 spiro atoms. The Bertz CT molecular complexity index is 856. The zero-order chi connectivity index (χ0) is 16.1. The summed E-state index contributed by atoms with van der Waals surface area (Å²) in [6.45, 7) is 6.22. The number of hydrogen-bond acceptors (Lipinski definition) is 5. The van der Waals surface area contributed by atoms with Gasteiger partial charge in [0.2, 0.25) is 0 Å². The monoisotopic (exact) mass is 339 g/mol. The fraction of sp³-hybridized carbons (Fsp3) is 0.500. The lowest BCUT2D eigenvalue weighted by atomic mass is 9.87. The molecule has 8 heteroatoms. The molecule has 0 atom stereocenters. The molecule has 0 bridgehead atoms. The summed E-state index contributed by atoms with van der Waals surface area (Å²) in [5.41, 5.74) is 6.26. The number of aromatic nitrogens is 3. The van der Waals surface area contributed by atoms with Crippen LogP contribution in [0.2, 0.25) is 0 Å². The van der Waals surface area contributed by atoms with Crippen LogP contribution in [0.5, 0.6) is 0 Å². The molecule has 2 N–H and O–H groups in total. The van der Waals surface area contributed by atoms with E-state index >= 15 is 0 Å². The molecular formula is C14H19N4O2S2+. The van der Waals surface area contributed by atoms with Gasteiger partial charge in [-0.3, -0.25) is 0 Å². The van der Waals surface area contributed by atoms with Crippen LogP contribution in [-0.4, -0.2) is 18.6 Å². The third kappa shape index (κ3) is 2.45. The number of nitrogens with zero attached hydrogens (tertiary/aromatic N) is 3. The van der Waals surface area contributed by atoms with Gasteiger partial charge in [0.25, 0.3) is 14.4 Å². The van der Waals surface area contributed by atoms with Gasteiger partial charge < -0.3 is 0 Å². The number of hydrogen-bond donors (Lipinski definition) is 1. The van der Waals surface area contributed by atoms with Gasteiger partial charge in [0.1, 0.15) is 11.4 Å². The van der Waals surface area contributed by atoms with Crippen LogP contribution in [-0.2, 0) is 22.9 Å². The highest BCUT2D eigenvalue weighted by molar-refractivity contribution is 7.91. The van der Waals surface area contributed by atoms with E-state index < -0.39 is 10.0 Å². The van der Waals surface area contributed by atoms with Gasteiger partial charge in [-0.1, -0.05) is 0 Å². The van der Waals surface area contributed by atoms with Gasteiger partial charge in [-0.05, 0) is 79.6 Å². The molecule has 6 nitrogen and oxygen atoms in total. The van der Waals surface area contributed by atoms with Crippen molar-refractivity contribution >= 4 is 21.4 Å². The average Bonchev–Trinajstić information content (AvgIpc) is 2.95. The van der Waals surface area contributed by atoms with Crippen molar-refractivity contribution in [2.24, 2.45) is 5.14 Å². The lowest BCUT2D eigenvalue weighted by Crippen LogP contribution is -2.41. The second-order valence-electron chi connectivity index (χ2n) is 5.69. The molecule has 0 radical (unpaired) electrons. The maximum absolute atomic E-state index is 11.4. The van der Waals surface area contributed by atoms with E-state index in [2.05, 4.69) is 24.0 Å². The van der Waals surface area contributed by atoms with Gasteiger partial charge in [-0.25, -0.2) is 13.6 Å². The van der Waals surface area contributed by atoms with Crippen molar-refractivity contribution in [2.75, 3.05) is 0 Å². The SMILES string of the molecule is Cc1c2c(c(C)[n+](-c3nnc(S(N)(=O)=O)s3)c1C)CCCC2. The zero-order valence-corrected chi connectivity index (χ0v) is 14.5. The van der Waals surface area contributed by atoms with Crippen LogP contribution >= 0.6 is 11.3 Å². The Hall–Kier alpha value is -1.38. The van der Waals surface area contributed by atoms with Crippen LogP contribution in [0.15, 0.2) is 4.34 Å². The summed E-state index contributed by atoms with van der Waals surface area (Å²) in [5.74, 6) is 0. The van der Waals surface area contributed by atoms with Crippen molar-refractivity contribution in [3.05, 3.63) is 28.1 Å². The smallest absolute Gasteiger partial charge is 0.222 e. The van der Waals surface area contributed by atoms with Crippen molar-refractivity contribution in [1.29, 1.82) is 0 Å². The van der Waals surface area contributed by atoms with E-state index in [1.165, 1.54) is 29.5 Å². The number of fused-ring (bicyclic) bond motifs is 1. The van der Waals surface area contributed by atoms with Gasteiger partial charge in [0.15, 0.2) is 0 Å². The van der Waals surface area contributed by atoms with Crippen LogP contribution in [0.1, 0.15) is 40.9 Å². The number of rotatable bonds is 2. The second-order valence-corrected chi connectivity index (χ2v) is 8.38. The van der Waals surface area contributed by atoms with Crippen molar-refractivity contribution in [3.63, 3.8) is 0 Å². The van der Waals surface area contributed by atoms with E-state index in [1.54, 1.807) is 0 Å². The number of nitrogens with two attached hydrogens (primary N) is 1. The Morgan fingerprint density at radius 3 is 2.27 bits per heavy atom. The molecule has 0 aliphatic heterocycles. The molecule has 3 rings (SSSR count). The Morgan fingerprint density at radius 1 is 1.05 bits per heavy atom. The lowest BCUT2D eigenvalue weighted by molar-refractivity contribution is -0.610. The summed E-state index contributed by atoms with van der Waals surface area (Å²) in [5, 5.41) is 13.4. The molecule has 0 aromatic carbocycles. The summed E-state index contributed by atoms with van der Waals surface area (Å²) in [4.78, 5) is 0. The number of sulfonamides is 1. The first-order chi connectivity index (χ1) is 10.3. The van der Waals surface area contributed by atoms with E-state index in [0.717, 1.165) is 35.6 Å². The minimum Gasteiger partial charge on any atom is -0.222 e. The van der Waals surface area contributed by atoms with Crippen molar-refractivity contribution in [2.45, 2.75) is 50.8 Å². The molecule has 0 saturated carbocycles. The number of primary sulfonamides is 1. The maximum Gasteiger partial charge on any atom is 0.416 e. The second kappa shape index (κ2) is 5.36. The summed E-state index contributed by atoms with van der Waals surface area (Å²) >= 11 is 1.01. The highest BCUT2D eigenvalue weighted by atomic mass is 32.2. The van der Waals surface area contributed by atoms with E-state index in [4.69, 9.17) is 5.14 Å². The van der Waals surface area contributed by atoms with Crippen molar-refractivity contribution < 1.29 is 13.0 Å². The summed E-state index contributed by atoms with van der Waals surface area (Å²) in [7, 11) is -3.81. The average molecular weight is 339 g/mol. The Labute approximate surface area is 134 Å². The molecule has 2 heterocycles. The third-order valence-electron chi connectivity index (χ3n) is 4.40. The lowest BCUT2D eigenvalue weighted by Gasteiger charge is -2.22. The molecule has 0 amide bonds.